The summed E-state index contributed by atoms with van der Waals surface area (Å²) in [6.45, 7) is 8.60. The molecule has 8 nitrogen and oxygen atoms in total. The van der Waals surface area contributed by atoms with E-state index in [1.54, 1.807) is 0 Å². The zero-order chi connectivity index (χ0) is 17.6. The molecule has 8 heteroatoms. The fraction of sp³-hybridized carbons (Fsp3) is 0.706. The summed E-state index contributed by atoms with van der Waals surface area (Å²) in [5.74, 6) is 1.93. The standard InChI is InChI=1S/C17H27N7O/c1-12-7-14(21-16(18)20-12)23-3-5-24(6-4-23)15(25)17-10-19-8-13(17)9-22(2)11-17/h7,13,19H,3-6,8-11H2,1-2H3,(H2,18,20,21)/t13-,17-/m1/s1. The van der Waals surface area contributed by atoms with E-state index in [1.807, 2.05) is 17.9 Å². The molecule has 1 amide bonds. The molecule has 0 spiro atoms. The summed E-state index contributed by atoms with van der Waals surface area (Å²) in [6.07, 6.45) is 0. The maximum Gasteiger partial charge on any atom is 0.231 e. The topological polar surface area (TPSA) is 90.6 Å². The number of likely N-dealkylation sites (tertiary alicyclic amines) is 1. The molecule has 0 aromatic carbocycles. The largest absolute Gasteiger partial charge is 0.368 e. The number of fused-ring (bicyclic) bond motifs is 1. The normalized spacial score (nSPS) is 29.9. The second kappa shape index (κ2) is 6.10. The fourth-order valence-electron chi connectivity index (χ4n) is 4.66. The molecule has 3 N–H and O–H groups in total. The van der Waals surface area contributed by atoms with Crippen LogP contribution in [0.3, 0.4) is 0 Å². The molecule has 0 bridgehead atoms. The highest BCUT2D eigenvalue weighted by Gasteiger charge is 2.55. The van der Waals surface area contributed by atoms with Crippen LogP contribution in [0.1, 0.15) is 5.69 Å². The highest BCUT2D eigenvalue weighted by Crippen LogP contribution is 2.40. The van der Waals surface area contributed by atoms with Gasteiger partial charge in [0.05, 0.1) is 5.41 Å². The molecular weight excluding hydrogens is 318 g/mol. The lowest BCUT2D eigenvalue weighted by Gasteiger charge is -2.40. The van der Waals surface area contributed by atoms with Crippen molar-refractivity contribution in [1.82, 2.24) is 25.1 Å². The van der Waals surface area contributed by atoms with Crippen molar-refractivity contribution >= 4 is 17.7 Å². The Balaban J connectivity index is 1.44. The molecule has 136 valence electrons. The molecule has 0 unspecified atom stereocenters. The third kappa shape index (κ3) is 2.83. The highest BCUT2D eigenvalue weighted by molar-refractivity contribution is 5.85. The number of piperazine rings is 1. The van der Waals surface area contributed by atoms with Gasteiger partial charge < -0.3 is 25.8 Å². The fourth-order valence-corrected chi connectivity index (χ4v) is 4.66. The third-order valence-electron chi connectivity index (χ3n) is 5.87. The van der Waals surface area contributed by atoms with Crippen LogP contribution in [0.2, 0.25) is 0 Å². The molecule has 3 saturated heterocycles. The average molecular weight is 345 g/mol. The highest BCUT2D eigenvalue weighted by atomic mass is 16.2. The van der Waals surface area contributed by atoms with E-state index in [2.05, 4.69) is 32.1 Å². The number of hydrogen-bond acceptors (Lipinski definition) is 7. The van der Waals surface area contributed by atoms with Crippen LogP contribution in [0, 0.1) is 18.3 Å². The second-order valence-electron chi connectivity index (χ2n) is 7.69. The van der Waals surface area contributed by atoms with Crippen LogP contribution in [0.4, 0.5) is 11.8 Å². The van der Waals surface area contributed by atoms with Gasteiger partial charge in [0.25, 0.3) is 0 Å². The Morgan fingerprint density at radius 2 is 2.08 bits per heavy atom. The number of nitrogen functional groups attached to an aromatic ring is 1. The van der Waals surface area contributed by atoms with Crippen molar-refractivity contribution in [2.24, 2.45) is 11.3 Å². The number of nitrogens with zero attached hydrogens (tertiary/aromatic N) is 5. The van der Waals surface area contributed by atoms with E-state index in [-0.39, 0.29) is 5.41 Å². The van der Waals surface area contributed by atoms with Crippen molar-refractivity contribution in [1.29, 1.82) is 0 Å². The Morgan fingerprint density at radius 3 is 2.80 bits per heavy atom. The van der Waals surface area contributed by atoms with Gasteiger partial charge in [-0.3, -0.25) is 4.79 Å². The molecule has 0 saturated carbocycles. The number of anilines is 2. The average Bonchev–Trinajstić information content (AvgIpc) is 3.10. The van der Waals surface area contributed by atoms with Crippen LogP contribution >= 0.6 is 0 Å². The quantitative estimate of drug-likeness (QED) is 0.723. The lowest BCUT2D eigenvalue weighted by atomic mass is 9.79. The first-order valence-electron chi connectivity index (χ1n) is 9.03. The van der Waals surface area contributed by atoms with Gasteiger partial charge in [0.15, 0.2) is 0 Å². The summed E-state index contributed by atoms with van der Waals surface area (Å²) < 4.78 is 0. The van der Waals surface area contributed by atoms with E-state index in [0.29, 0.717) is 17.8 Å². The van der Waals surface area contributed by atoms with Crippen LogP contribution in [-0.2, 0) is 4.79 Å². The zero-order valence-corrected chi connectivity index (χ0v) is 15.0. The minimum absolute atomic E-state index is 0.229. The first-order valence-corrected chi connectivity index (χ1v) is 9.03. The molecule has 0 radical (unpaired) electrons. The summed E-state index contributed by atoms with van der Waals surface area (Å²) in [4.78, 5) is 28.3. The zero-order valence-electron chi connectivity index (χ0n) is 15.0. The Hall–Kier alpha value is -1.93. The van der Waals surface area contributed by atoms with Crippen LogP contribution in [0.15, 0.2) is 6.07 Å². The summed E-state index contributed by atoms with van der Waals surface area (Å²) >= 11 is 0. The van der Waals surface area contributed by atoms with E-state index in [4.69, 9.17) is 5.73 Å². The summed E-state index contributed by atoms with van der Waals surface area (Å²) in [7, 11) is 2.12. The first kappa shape index (κ1) is 16.5. The maximum atomic E-state index is 13.3. The number of nitrogens with two attached hydrogens (primary N) is 1. The third-order valence-corrected chi connectivity index (χ3v) is 5.87. The number of carbonyl (C=O) groups is 1. The molecule has 4 rings (SSSR count). The molecular formula is C17H27N7O. The van der Waals surface area contributed by atoms with Crippen molar-refractivity contribution in [2.45, 2.75) is 6.92 Å². The number of aromatic nitrogens is 2. The Kier molecular flexibility index (Phi) is 4.04. The van der Waals surface area contributed by atoms with Crippen LogP contribution in [-0.4, -0.2) is 85.1 Å². The summed E-state index contributed by atoms with van der Waals surface area (Å²) in [6, 6.07) is 1.95. The van der Waals surface area contributed by atoms with Crippen molar-refractivity contribution < 1.29 is 4.79 Å². The van der Waals surface area contributed by atoms with Gasteiger partial charge in [-0.2, -0.15) is 4.98 Å². The van der Waals surface area contributed by atoms with Crippen molar-refractivity contribution in [3.8, 4) is 0 Å². The van der Waals surface area contributed by atoms with Crippen LogP contribution in [0.5, 0.6) is 0 Å². The van der Waals surface area contributed by atoms with Gasteiger partial charge in [-0.05, 0) is 14.0 Å². The summed E-state index contributed by atoms with van der Waals surface area (Å²) in [5.41, 5.74) is 6.41. The second-order valence-corrected chi connectivity index (χ2v) is 7.69. The smallest absolute Gasteiger partial charge is 0.231 e. The Morgan fingerprint density at radius 1 is 1.32 bits per heavy atom. The molecule has 3 aliphatic heterocycles. The molecule has 3 fully saturated rings. The number of amides is 1. The van der Waals surface area contributed by atoms with Gasteiger partial charge in [0.1, 0.15) is 5.82 Å². The molecule has 25 heavy (non-hydrogen) atoms. The molecule has 4 heterocycles. The van der Waals surface area contributed by atoms with E-state index in [9.17, 15) is 4.79 Å². The maximum absolute atomic E-state index is 13.3. The van der Waals surface area contributed by atoms with Gasteiger partial charge in [0, 0.05) is 70.0 Å². The molecule has 1 aromatic heterocycles. The SMILES string of the molecule is Cc1cc(N2CCN(C(=O)[C@@]34CNC[C@@H]3CN(C)C4)CC2)nc(N)n1. The predicted molar refractivity (Wildman–Crippen MR) is 96.3 cm³/mol. The van der Waals surface area contributed by atoms with Crippen LogP contribution < -0.4 is 16.0 Å². The van der Waals surface area contributed by atoms with Crippen molar-refractivity contribution in [3.05, 3.63) is 11.8 Å². The number of aryl methyl sites for hydroxylation is 1. The van der Waals surface area contributed by atoms with Gasteiger partial charge in [-0.25, -0.2) is 4.98 Å². The molecule has 2 atom stereocenters. The lowest BCUT2D eigenvalue weighted by Crippen LogP contribution is -2.56. The van der Waals surface area contributed by atoms with E-state index in [1.165, 1.54) is 0 Å². The molecule has 0 aliphatic carbocycles. The van der Waals surface area contributed by atoms with Crippen molar-refractivity contribution in [3.63, 3.8) is 0 Å². The minimum atomic E-state index is -0.229. The molecule has 1 aromatic rings. The van der Waals surface area contributed by atoms with Gasteiger partial charge in [-0.15, -0.1) is 0 Å². The first-order chi connectivity index (χ1) is 12.0. The lowest BCUT2D eigenvalue weighted by molar-refractivity contribution is -0.142. The van der Waals surface area contributed by atoms with Crippen LogP contribution in [0.25, 0.3) is 0 Å². The van der Waals surface area contributed by atoms with E-state index in [0.717, 1.165) is 63.9 Å². The monoisotopic (exact) mass is 345 g/mol. The Labute approximate surface area is 148 Å². The van der Waals surface area contributed by atoms with Gasteiger partial charge in [-0.1, -0.05) is 0 Å². The molecule has 3 aliphatic rings. The van der Waals surface area contributed by atoms with E-state index < -0.39 is 0 Å². The number of hydrogen-bond donors (Lipinski definition) is 2. The number of rotatable bonds is 2. The Bertz CT molecular complexity index is 653. The number of nitrogens with one attached hydrogen (secondary N) is 1. The minimum Gasteiger partial charge on any atom is -0.368 e. The van der Waals surface area contributed by atoms with Gasteiger partial charge >= 0.3 is 0 Å². The number of carbonyl (C=O) groups excluding carboxylic acids is 1. The van der Waals surface area contributed by atoms with Gasteiger partial charge in [0.2, 0.25) is 11.9 Å². The summed E-state index contributed by atoms with van der Waals surface area (Å²) in [5, 5.41) is 3.44. The predicted octanol–water partition coefficient (Wildman–Crippen LogP) is -0.833. The van der Waals surface area contributed by atoms with E-state index >= 15 is 0 Å². The van der Waals surface area contributed by atoms with Crippen molar-refractivity contribution in [2.75, 3.05) is 70.0 Å².